The molecule has 0 fully saturated rings. The van der Waals surface area contributed by atoms with Crippen molar-refractivity contribution in [2.75, 3.05) is 0 Å². The maximum Gasteiger partial charge on any atom is 0.197 e. The van der Waals surface area contributed by atoms with Gasteiger partial charge < -0.3 is 0 Å². The predicted molar refractivity (Wildman–Crippen MR) is 155 cm³/mol. The Bertz CT molecular complexity index is 1460. The molecule has 0 bridgehead atoms. The average molecular weight is 480 g/mol. The van der Waals surface area contributed by atoms with Crippen LogP contribution in [0.4, 0.5) is 0 Å². The van der Waals surface area contributed by atoms with Gasteiger partial charge in [0, 0.05) is 0 Å². The highest BCUT2D eigenvalue weighted by atomic mass is 32.1. The number of thiophene rings is 1. The van der Waals surface area contributed by atoms with Gasteiger partial charge in [-0.1, -0.05) is 88.4 Å². The third kappa shape index (κ3) is 3.83. The van der Waals surface area contributed by atoms with E-state index >= 15 is 0 Å². The van der Waals surface area contributed by atoms with Crippen LogP contribution in [-0.4, -0.2) is 11.3 Å². The monoisotopic (exact) mass is 479 g/mol. The van der Waals surface area contributed by atoms with Crippen molar-refractivity contribution < 1.29 is 4.58 Å². The van der Waals surface area contributed by atoms with E-state index in [4.69, 9.17) is 0 Å². The highest BCUT2D eigenvalue weighted by Crippen LogP contribution is 2.47. The van der Waals surface area contributed by atoms with Crippen LogP contribution in [-0.2, 0) is 11.8 Å². The summed E-state index contributed by atoms with van der Waals surface area (Å²) < 4.78 is 3.52. The zero-order valence-electron chi connectivity index (χ0n) is 22.0. The summed E-state index contributed by atoms with van der Waals surface area (Å²) in [6.07, 6.45) is 7.74. The van der Waals surface area contributed by atoms with Gasteiger partial charge in [0.15, 0.2) is 15.6 Å². The summed E-state index contributed by atoms with van der Waals surface area (Å²) in [5, 5.41) is 4.11. The van der Waals surface area contributed by atoms with Gasteiger partial charge in [-0.15, -0.1) is 18.2 Å². The molecule has 0 unspecified atom stereocenters. The Balaban J connectivity index is 1.79. The Morgan fingerprint density at radius 1 is 1.03 bits per heavy atom. The molecule has 0 atom stereocenters. The summed E-state index contributed by atoms with van der Waals surface area (Å²) in [6, 6.07) is 19.5. The summed E-state index contributed by atoms with van der Waals surface area (Å²) in [4.78, 5) is 1.34. The summed E-state index contributed by atoms with van der Waals surface area (Å²) >= 11 is 1.94. The Kier molecular flexibility index (Phi) is 6.13. The fourth-order valence-electron chi connectivity index (χ4n) is 5.68. The van der Waals surface area contributed by atoms with Crippen LogP contribution < -0.4 is 0 Å². The zero-order valence-corrected chi connectivity index (χ0v) is 22.9. The first-order valence-electron chi connectivity index (χ1n) is 13.0. The highest BCUT2D eigenvalue weighted by Gasteiger charge is 2.35. The van der Waals surface area contributed by atoms with Crippen molar-refractivity contribution in [1.82, 2.24) is 0 Å². The third-order valence-corrected chi connectivity index (χ3v) is 9.47. The first kappa shape index (κ1) is 23.9. The number of rotatable bonds is 6. The van der Waals surface area contributed by atoms with Crippen molar-refractivity contribution in [3.8, 4) is 0 Å². The summed E-state index contributed by atoms with van der Waals surface area (Å²) in [7, 11) is 0. The lowest BCUT2D eigenvalue weighted by atomic mass is 9.74. The number of benzene rings is 3. The molecule has 2 heteroatoms. The van der Waals surface area contributed by atoms with Crippen molar-refractivity contribution in [2.45, 2.75) is 66.2 Å². The molecule has 1 aliphatic rings. The van der Waals surface area contributed by atoms with E-state index in [2.05, 4.69) is 114 Å². The predicted octanol–water partition coefficient (Wildman–Crippen LogP) is 9.26. The Morgan fingerprint density at radius 3 is 2.43 bits per heavy atom. The quantitative estimate of drug-likeness (QED) is 0.147. The molecule has 1 nitrogen and oxygen atoms in total. The molecule has 180 valence electrons. The van der Waals surface area contributed by atoms with Gasteiger partial charge in [0.25, 0.3) is 0 Å². The number of hydrogen-bond donors (Lipinski definition) is 0. The molecule has 0 saturated heterocycles. The molecule has 2 heterocycles. The minimum absolute atomic E-state index is 0.131. The molecule has 35 heavy (non-hydrogen) atoms. The van der Waals surface area contributed by atoms with Crippen molar-refractivity contribution >= 4 is 45.0 Å². The van der Waals surface area contributed by atoms with Crippen LogP contribution in [0.5, 0.6) is 0 Å². The topological polar surface area (TPSA) is 3.01 Å². The van der Waals surface area contributed by atoms with Crippen LogP contribution in [0.3, 0.4) is 0 Å². The molecular formula is C33H37NS. The van der Waals surface area contributed by atoms with E-state index in [0.717, 1.165) is 19.3 Å². The molecule has 0 N–H and O–H groups in total. The van der Waals surface area contributed by atoms with E-state index in [9.17, 15) is 0 Å². The third-order valence-electron chi connectivity index (χ3n) is 8.17. The van der Waals surface area contributed by atoms with E-state index in [0.29, 0.717) is 5.92 Å². The zero-order chi connectivity index (χ0) is 24.9. The largest absolute Gasteiger partial charge is 0.257 e. The van der Waals surface area contributed by atoms with Gasteiger partial charge in [-0.3, -0.25) is 4.58 Å². The maximum atomic E-state index is 4.46. The Hall–Kier alpha value is -2.84. The van der Waals surface area contributed by atoms with Crippen molar-refractivity contribution in [2.24, 2.45) is 5.92 Å². The van der Waals surface area contributed by atoms with Crippen molar-refractivity contribution in [3.63, 3.8) is 0 Å². The first-order valence-corrected chi connectivity index (χ1v) is 13.8. The second-order valence-corrected chi connectivity index (χ2v) is 11.8. The fourth-order valence-corrected chi connectivity index (χ4v) is 7.07. The summed E-state index contributed by atoms with van der Waals surface area (Å²) in [6.45, 7) is 18.4. The summed E-state index contributed by atoms with van der Waals surface area (Å²) in [5.74, 6) is 0.633. The van der Waals surface area contributed by atoms with Crippen LogP contribution >= 0.6 is 11.3 Å². The van der Waals surface area contributed by atoms with Gasteiger partial charge in [0.1, 0.15) is 17.5 Å². The number of nitrogens with zero attached hydrogens (tertiary/aromatic N) is 1. The van der Waals surface area contributed by atoms with Crippen LogP contribution in [0.1, 0.15) is 80.2 Å². The molecule has 0 saturated carbocycles. The van der Waals surface area contributed by atoms with E-state index < -0.39 is 0 Å². The van der Waals surface area contributed by atoms with Gasteiger partial charge in [0.05, 0.1) is 6.72 Å². The van der Waals surface area contributed by atoms with Gasteiger partial charge in [0.2, 0.25) is 0 Å². The van der Waals surface area contributed by atoms with Crippen LogP contribution in [0, 0.1) is 18.9 Å². The number of aryl methyl sites for hydroxylation is 1. The van der Waals surface area contributed by atoms with Crippen LogP contribution in [0.25, 0.3) is 26.9 Å². The minimum Gasteiger partial charge on any atom is -0.257 e. The lowest BCUT2D eigenvalue weighted by molar-refractivity contribution is -0.417. The molecular weight excluding hydrogens is 442 g/mol. The molecule has 0 spiro atoms. The van der Waals surface area contributed by atoms with Crippen LogP contribution in [0.15, 0.2) is 54.7 Å². The fraction of sp³-hybridized carbons (Fsp3) is 0.333. The smallest absolute Gasteiger partial charge is 0.197 e. The normalized spacial score (nSPS) is 13.9. The Labute approximate surface area is 214 Å². The Morgan fingerprint density at radius 2 is 1.74 bits per heavy atom. The molecule has 3 aromatic carbocycles. The maximum absolute atomic E-state index is 4.46. The average Bonchev–Trinajstić information content (AvgIpc) is 3.24. The highest BCUT2D eigenvalue weighted by molar-refractivity contribution is 7.20. The summed E-state index contributed by atoms with van der Waals surface area (Å²) in [5.41, 5.74) is 7.03. The van der Waals surface area contributed by atoms with Gasteiger partial charge in [-0.25, -0.2) is 0 Å². The molecule has 0 radical (unpaired) electrons. The van der Waals surface area contributed by atoms with Crippen LogP contribution in [0.2, 0.25) is 0 Å². The van der Waals surface area contributed by atoms with Gasteiger partial charge >= 0.3 is 0 Å². The van der Waals surface area contributed by atoms with Crippen molar-refractivity contribution in [3.05, 3.63) is 93.5 Å². The van der Waals surface area contributed by atoms with Gasteiger partial charge in [-0.2, -0.15) is 0 Å². The van der Waals surface area contributed by atoms with Crippen molar-refractivity contribution in [1.29, 1.82) is 0 Å². The molecule has 1 aromatic heterocycles. The molecule has 0 aliphatic carbocycles. The molecule has 0 amide bonds. The standard InChI is InChI=1S/C33H37NS/c1-8-33(6,9-2)29-20-28(22(5)24-14-10-11-15-25(24)29)30-32-27(17-18-34(30)7)26-16-12-13-23(19-21(3)4)31(26)35-32/h10-18,20-21H,7-9,19H2,1-6H3. The molecule has 1 aliphatic heterocycles. The van der Waals surface area contributed by atoms with E-state index in [-0.39, 0.29) is 5.41 Å². The molecule has 4 aromatic rings. The SMILES string of the molecule is C=[N+]1C=Cc2c([s+][c-]3c(CC(C)C)cccc23)[C-]1c1cc(C(C)(CC)CC)c2ccccc2c1C. The van der Waals surface area contributed by atoms with E-state index in [1.54, 1.807) is 0 Å². The second-order valence-electron chi connectivity index (χ2n) is 10.8. The minimum atomic E-state index is 0.131. The van der Waals surface area contributed by atoms with E-state index in [1.807, 2.05) is 11.3 Å². The number of hydrogen-bond acceptors (Lipinski definition) is 0. The lowest BCUT2D eigenvalue weighted by Gasteiger charge is -2.33. The number of fused-ring (bicyclic) bond motifs is 4. The first-order chi connectivity index (χ1) is 16.8. The second kappa shape index (κ2) is 8.99. The molecule has 5 rings (SSSR count). The van der Waals surface area contributed by atoms with E-state index in [1.165, 1.54) is 59.6 Å². The van der Waals surface area contributed by atoms with Gasteiger partial charge in [-0.05, 0) is 64.1 Å². The lowest BCUT2D eigenvalue weighted by Crippen LogP contribution is -2.23.